The summed E-state index contributed by atoms with van der Waals surface area (Å²) in [5.41, 5.74) is 4.28. The lowest BCUT2D eigenvalue weighted by atomic mass is 10.1. The van der Waals surface area contributed by atoms with Crippen molar-refractivity contribution in [2.24, 2.45) is 0 Å². The minimum Gasteiger partial charge on any atom is -0.495 e. The zero-order chi connectivity index (χ0) is 24.6. The van der Waals surface area contributed by atoms with Gasteiger partial charge in [-0.05, 0) is 25.0 Å². The van der Waals surface area contributed by atoms with E-state index in [0.717, 1.165) is 41.4 Å². The van der Waals surface area contributed by atoms with Crippen LogP contribution in [0.2, 0.25) is 0 Å². The molecule has 4 aromatic rings. The summed E-state index contributed by atoms with van der Waals surface area (Å²) in [5.74, 6) is 1.26. The molecule has 0 bridgehead atoms. The fourth-order valence-electron chi connectivity index (χ4n) is 3.81. The predicted octanol–water partition coefficient (Wildman–Crippen LogP) is 4.26. The number of aromatic nitrogens is 4. The SMILES string of the molecule is CNC(=O)CCCCC[C@H](NC(=O)c1cncs1)c1ncc(-c2ccc3cc(OC)cnc3c2)[nH]1. The van der Waals surface area contributed by atoms with E-state index in [1.54, 1.807) is 38.3 Å². The van der Waals surface area contributed by atoms with E-state index in [-0.39, 0.29) is 17.9 Å². The van der Waals surface area contributed by atoms with Gasteiger partial charge in [0.2, 0.25) is 5.91 Å². The number of fused-ring (bicyclic) bond motifs is 1. The molecule has 0 aliphatic heterocycles. The maximum atomic E-state index is 12.7. The number of hydrogen-bond donors (Lipinski definition) is 3. The Morgan fingerprint density at radius 3 is 2.77 bits per heavy atom. The molecule has 10 heteroatoms. The normalized spacial score (nSPS) is 11.8. The molecule has 2 amide bonds. The summed E-state index contributed by atoms with van der Waals surface area (Å²) in [4.78, 5) is 41.2. The van der Waals surface area contributed by atoms with Gasteiger partial charge in [-0.3, -0.25) is 19.6 Å². The molecule has 0 fully saturated rings. The Morgan fingerprint density at radius 2 is 2.00 bits per heavy atom. The number of amides is 2. The molecule has 0 spiro atoms. The van der Waals surface area contributed by atoms with E-state index in [9.17, 15) is 9.59 Å². The zero-order valence-electron chi connectivity index (χ0n) is 19.7. The molecular formula is C25H28N6O3S. The molecule has 3 heterocycles. The first-order valence-corrected chi connectivity index (χ1v) is 12.3. The molecule has 3 aromatic heterocycles. The number of aromatic amines is 1. The van der Waals surface area contributed by atoms with Gasteiger partial charge >= 0.3 is 0 Å². The van der Waals surface area contributed by atoms with Gasteiger partial charge in [-0.15, -0.1) is 11.3 Å². The van der Waals surface area contributed by atoms with Crippen molar-refractivity contribution in [1.29, 1.82) is 0 Å². The van der Waals surface area contributed by atoms with Gasteiger partial charge in [0.25, 0.3) is 5.91 Å². The molecule has 1 aromatic carbocycles. The van der Waals surface area contributed by atoms with Crippen molar-refractivity contribution in [2.45, 2.75) is 38.1 Å². The first-order chi connectivity index (χ1) is 17.1. The number of pyridine rings is 1. The fraction of sp³-hybridized carbons (Fsp3) is 0.320. The molecular weight excluding hydrogens is 464 g/mol. The van der Waals surface area contributed by atoms with Crippen LogP contribution in [0.1, 0.15) is 53.6 Å². The highest BCUT2D eigenvalue weighted by molar-refractivity contribution is 7.11. The second-order valence-electron chi connectivity index (χ2n) is 8.13. The lowest BCUT2D eigenvalue weighted by Gasteiger charge is -2.16. The number of rotatable bonds is 11. The summed E-state index contributed by atoms with van der Waals surface area (Å²) >= 11 is 1.30. The number of methoxy groups -OCH3 is 1. The van der Waals surface area contributed by atoms with E-state index in [0.29, 0.717) is 29.3 Å². The summed E-state index contributed by atoms with van der Waals surface area (Å²) in [7, 11) is 3.26. The van der Waals surface area contributed by atoms with Gasteiger partial charge < -0.3 is 20.4 Å². The highest BCUT2D eigenvalue weighted by atomic mass is 32.1. The summed E-state index contributed by atoms with van der Waals surface area (Å²) in [6.07, 6.45) is 8.76. The van der Waals surface area contributed by atoms with E-state index >= 15 is 0 Å². The van der Waals surface area contributed by atoms with Crippen molar-refractivity contribution < 1.29 is 14.3 Å². The van der Waals surface area contributed by atoms with Crippen molar-refractivity contribution >= 4 is 34.1 Å². The average molecular weight is 493 g/mol. The lowest BCUT2D eigenvalue weighted by molar-refractivity contribution is -0.120. The maximum Gasteiger partial charge on any atom is 0.263 e. The number of nitrogens with one attached hydrogen (secondary N) is 3. The van der Waals surface area contributed by atoms with Gasteiger partial charge in [-0.25, -0.2) is 4.98 Å². The van der Waals surface area contributed by atoms with Crippen LogP contribution < -0.4 is 15.4 Å². The average Bonchev–Trinajstić information content (AvgIpc) is 3.60. The number of unbranched alkanes of at least 4 members (excludes halogenated alkanes) is 2. The third-order valence-electron chi connectivity index (χ3n) is 5.77. The van der Waals surface area contributed by atoms with Crippen LogP contribution in [0.15, 0.2) is 48.4 Å². The summed E-state index contributed by atoms with van der Waals surface area (Å²) in [5, 5.41) is 6.71. The van der Waals surface area contributed by atoms with Gasteiger partial charge in [-0.2, -0.15) is 0 Å². The van der Waals surface area contributed by atoms with Crippen LogP contribution in [0.5, 0.6) is 5.75 Å². The Balaban J connectivity index is 1.49. The van der Waals surface area contributed by atoms with E-state index in [4.69, 9.17) is 4.74 Å². The number of carbonyl (C=O) groups excluding carboxylic acids is 2. The van der Waals surface area contributed by atoms with Gasteiger partial charge in [0.1, 0.15) is 16.5 Å². The molecule has 0 unspecified atom stereocenters. The Morgan fingerprint density at radius 1 is 1.11 bits per heavy atom. The van der Waals surface area contributed by atoms with Crippen molar-refractivity contribution in [2.75, 3.05) is 14.2 Å². The smallest absolute Gasteiger partial charge is 0.263 e. The van der Waals surface area contributed by atoms with Crippen molar-refractivity contribution in [3.05, 3.63) is 59.1 Å². The van der Waals surface area contributed by atoms with Crippen LogP contribution in [0.25, 0.3) is 22.2 Å². The molecule has 4 rings (SSSR count). The molecule has 0 aliphatic carbocycles. The molecule has 35 heavy (non-hydrogen) atoms. The van der Waals surface area contributed by atoms with E-state index < -0.39 is 0 Å². The second-order valence-corrected chi connectivity index (χ2v) is 9.02. The van der Waals surface area contributed by atoms with Gasteiger partial charge in [-0.1, -0.05) is 25.0 Å². The van der Waals surface area contributed by atoms with Gasteiger partial charge in [0, 0.05) is 24.4 Å². The number of nitrogens with zero attached hydrogens (tertiary/aromatic N) is 3. The molecule has 0 radical (unpaired) electrons. The Hall–Kier alpha value is -3.79. The fourth-order valence-corrected chi connectivity index (χ4v) is 4.33. The van der Waals surface area contributed by atoms with Gasteiger partial charge in [0.15, 0.2) is 0 Å². The van der Waals surface area contributed by atoms with Crippen molar-refractivity contribution in [3.8, 4) is 17.0 Å². The third kappa shape index (κ3) is 6.21. The van der Waals surface area contributed by atoms with Crippen LogP contribution in [0, 0.1) is 0 Å². The van der Waals surface area contributed by atoms with E-state index in [1.165, 1.54) is 11.3 Å². The van der Waals surface area contributed by atoms with Gasteiger partial charge in [0.05, 0.1) is 48.5 Å². The predicted molar refractivity (Wildman–Crippen MR) is 135 cm³/mol. The van der Waals surface area contributed by atoms with E-state index in [2.05, 4.69) is 30.6 Å². The highest BCUT2D eigenvalue weighted by Crippen LogP contribution is 2.27. The molecule has 0 saturated carbocycles. The number of benzene rings is 1. The molecule has 9 nitrogen and oxygen atoms in total. The third-order valence-corrected chi connectivity index (χ3v) is 6.54. The monoisotopic (exact) mass is 492 g/mol. The summed E-state index contributed by atoms with van der Waals surface area (Å²) in [6, 6.07) is 7.65. The Labute approximate surface area is 207 Å². The largest absolute Gasteiger partial charge is 0.495 e. The minimum atomic E-state index is -0.291. The Kier molecular flexibility index (Phi) is 8.04. The quantitative estimate of drug-likeness (QED) is 0.269. The molecule has 1 atom stereocenters. The first kappa shape index (κ1) is 24.3. The van der Waals surface area contributed by atoms with Crippen LogP contribution in [0.4, 0.5) is 0 Å². The van der Waals surface area contributed by atoms with Crippen molar-refractivity contribution in [1.82, 2.24) is 30.6 Å². The standard InChI is InChI=1S/C25H28N6O3S/c1-26-23(32)7-5-3-4-6-19(31-25(33)22-14-27-15-35-22)24-29-13-21(30-24)17-9-8-16-10-18(34-2)12-28-20(16)11-17/h8-15,19H,3-7H2,1-2H3,(H,26,32)(H,29,30)(H,31,33)/t19-/m0/s1. The molecule has 0 saturated heterocycles. The van der Waals surface area contributed by atoms with Crippen LogP contribution in [-0.2, 0) is 4.79 Å². The van der Waals surface area contributed by atoms with E-state index in [1.807, 2.05) is 24.3 Å². The number of ether oxygens (including phenoxy) is 1. The summed E-state index contributed by atoms with van der Waals surface area (Å²) in [6.45, 7) is 0. The number of imidazole rings is 1. The van der Waals surface area contributed by atoms with Crippen LogP contribution in [0.3, 0.4) is 0 Å². The number of thiazole rings is 1. The lowest BCUT2D eigenvalue weighted by Crippen LogP contribution is -2.28. The number of H-pyrrole nitrogens is 1. The first-order valence-electron chi connectivity index (χ1n) is 11.5. The minimum absolute atomic E-state index is 0.0408. The summed E-state index contributed by atoms with van der Waals surface area (Å²) < 4.78 is 5.25. The molecule has 3 N–H and O–H groups in total. The maximum absolute atomic E-state index is 12.7. The topological polar surface area (TPSA) is 122 Å². The van der Waals surface area contributed by atoms with Crippen LogP contribution in [-0.4, -0.2) is 45.9 Å². The molecule has 182 valence electrons. The number of hydrogen-bond acceptors (Lipinski definition) is 7. The van der Waals surface area contributed by atoms with Crippen LogP contribution >= 0.6 is 11.3 Å². The van der Waals surface area contributed by atoms with Crippen molar-refractivity contribution in [3.63, 3.8) is 0 Å². The molecule has 0 aliphatic rings. The second kappa shape index (κ2) is 11.6. The zero-order valence-corrected chi connectivity index (χ0v) is 20.5. The highest BCUT2D eigenvalue weighted by Gasteiger charge is 2.20. The Bertz CT molecular complexity index is 1290. The number of carbonyl (C=O) groups is 2.